The lowest BCUT2D eigenvalue weighted by atomic mass is 9.89. The van der Waals surface area contributed by atoms with Crippen LogP contribution in [0.1, 0.15) is 16.7 Å². The average Bonchev–Trinajstić information content (AvgIpc) is 2.98. The summed E-state index contributed by atoms with van der Waals surface area (Å²) in [6, 6.07) is 18.8. The van der Waals surface area contributed by atoms with Gasteiger partial charge in [-0.25, -0.2) is 12.8 Å². The zero-order valence-corrected chi connectivity index (χ0v) is 24.6. The zero-order chi connectivity index (χ0) is 32.0. The Bertz CT molecular complexity index is 1580. The number of hydrogen-bond donors (Lipinski definition) is 3. The van der Waals surface area contributed by atoms with Crippen molar-refractivity contribution >= 4 is 21.6 Å². The Balaban J connectivity index is 1.55. The van der Waals surface area contributed by atoms with Crippen LogP contribution in [-0.4, -0.2) is 56.1 Å². The van der Waals surface area contributed by atoms with Crippen molar-refractivity contribution in [3.05, 3.63) is 126 Å². The summed E-state index contributed by atoms with van der Waals surface area (Å²) in [5.41, 5.74) is -2.44. The van der Waals surface area contributed by atoms with Crippen LogP contribution >= 0.6 is 0 Å². The molecule has 0 aromatic heterocycles. The van der Waals surface area contributed by atoms with Crippen LogP contribution < -0.4 is 14.9 Å². The van der Waals surface area contributed by atoms with Crippen LogP contribution in [0.5, 0.6) is 0 Å². The second kappa shape index (κ2) is 13.7. The van der Waals surface area contributed by atoms with Crippen molar-refractivity contribution in [3.63, 3.8) is 0 Å². The van der Waals surface area contributed by atoms with E-state index < -0.39 is 51.5 Å². The normalized spacial score (nSPS) is 19.7. The van der Waals surface area contributed by atoms with Crippen molar-refractivity contribution in [2.24, 2.45) is 0 Å². The van der Waals surface area contributed by atoms with Crippen molar-refractivity contribution in [1.82, 2.24) is 10.6 Å². The summed E-state index contributed by atoms with van der Waals surface area (Å²) in [6.07, 6.45) is 0.229. The monoisotopic (exact) mass is 631 g/mol. The first-order valence-electron chi connectivity index (χ1n) is 13.8. The van der Waals surface area contributed by atoms with Gasteiger partial charge in [-0.15, -0.1) is 0 Å². The Morgan fingerprint density at radius 1 is 0.977 bits per heavy atom. The number of para-hydroxylation sites is 1. The third kappa shape index (κ3) is 8.13. The van der Waals surface area contributed by atoms with Gasteiger partial charge >= 0.3 is 6.18 Å². The molecular weight excluding hydrogens is 598 g/mol. The number of rotatable bonds is 12. The molecule has 234 valence electrons. The van der Waals surface area contributed by atoms with Crippen LogP contribution in [-0.2, 0) is 34.0 Å². The van der Waals surface area contributed by atoms with E-state index in [4.69, 9.17) is 0 Å². The first kappa shape index (κ1) is 32.9. The van der Waals surface area contributed by atoms with E-state index in [-0.39, 0.29) is 25.2 Å². The number of amides is 1. The number of carbonyl (C=O) groups excluding carboxylic acids is 1. The summed E-state index contributed by atoms with van der Waals surface area (Å²) < 4.78 is 82.7. The van der Waals surface area contributed by atoms with Gasteiger partial charge in [0.25, 0.3) is 5.91 Å². The fraction of sp³-hybridized carbons (Fsp3) is 0.281. The maximum absolute atomic E-state index is 16.8. The van der Waals surface area contributed by atoms with Gasteiger partial charge in [-0.2, -0.15) is 13.2 Å². The largest absolute Gasteiger partial charge is 0.416 e. The van der Waals surface area contributed by atoms with Crippen LogP contribution in [0.3, 0.4) is 0 Å². The molecule has 12 heteroatoms. The molecular formula is C32H33F4N3O4S. The van der Waals surface area contributed by atoms with E-state index in [0.29, 0.717) is 5.56 Å². The fourth-order valence-electron chi connectivity index (χ4n) is 4.99. The lowest BCUT2D eigenvalue weighted by Crippen LogP contribution is -2.61. The van der Waals surface area contributed by atoms with Crippen LogP contribution in [0.4, 0.5) is 23.2 Å². The molecule has 3 N–H and O–H groups in total. The maximum Gasteiger partial charge on any atom is 0.416 e. The van der Waals surface area contributed by atoms with Gasteiger partial charge in [0.05, 0.1) is 29.7 Å². The third-order valence-electron chi connectivity index (χ3n) is 7.16. The number of aliphatic hydroxyl groups excluding tert-OH is 1. The molecule has 1 aliphatic carbocycles. The number of aliphatic hydroxyl groups is 1. The van der Waals surface area contributed by atoms with Crippen molar-refractivity contribution in [1.29, 1.82) is 0 Å². The van der Waals surface area contributed by atoms with Gasteiger partial charge in [0, 0.05) is 13.1 Å². The Hall–Kier alpha value is -4.00. The predicted molar refractivity (Wildman–Crippen MR) is 161 cm³/mol. The molecule has 0 radical (unpaired) electrons. The molecule has 0 saturated heterocycles. The quantitative estimate of drug-likeness (QED) is 0.255. The summed E-state index contributed by atoms with van der Waals surface area (Å²) in [5, 5.41) is 16.6. The van der Waals surface area contributed by atoms with E-state index in [1.165, 1.54) is 42.5 Å². The first-order valence-corrected chi connectivity index (χ1v) is 15.6. The molecule has 0 saturated carbocycles. The summed E-state index contributed by atoms with van der Waals surface area (Å²) in [6.45, 7) is -0.151. The molecule has 0 fully saturated rings. The Morgan fingerprint density at radius 3 is 2.25 bits per heavy atom. The molecule has 0 heterocycles. The number of anilines is 1. The Kier molecular flexibility index (Phi) is 10.3. The minimum Gasteiger partial charge on any atom is -0.390 e. The van der Waals surface area contributed by atoms with Crippen LogP contribution in [0.2, 0.25) is 0 Å². The number of benzene rings is 3. The molecule has 4 atom stereocenters. The summed E-state index contributed by atoms with van der Waals surface area (Å²) in [7, 11) is -4.07. The molecule has 0 aliphatic heterocycles. The van der Waals surface area contributed by atoms with Crippen molar-refractivity contribution in [2.45, 2.75) is 43.0 Å². The second-order valence-electron chi connectivity index (χ2n) is 10.5. The minimum atomic E-state index is -4.50. The van der Waals surface area contributed by atoms with E-state index in [9.17, 15) is 31.5 Å². The predicted octanol–water partition coefficient (Wildman–Crippen LogP) is 4.55. The lowest BCUT2D eigenvalue weighted by molar-refractivity contribution is -0.137. The topological polar surface area (TPSA) is 98.7 Å². The highest BCUT2D eigenvalue weighted by molar-refractivity contribution is 7.92. The number of allylic oxidation sites excluding steroid dienone is 2. The van der Waals surface area contributed by atoms with E-state index in [1.54, 1.807) is 48.5 Å². The van der Waals surface area contributed by atoms with E-state index in [0.717, 1.165) is 34.3 Å². The van der Waals surface area contributed by atoms with Gasteiger partial charge in [-0.05, 0) is 41.8 Å². The number of nitrogens with one attached hydrogen (secondary N) is 2. The Morgan fingerprint density at radius 2 is 1.61 bits per heavy atom. The zero-order valence-electron chi connectivity index (χ0n) is 23.8. The molecule has 3 aromatic rings. The smallest absolute Gasteiger partial charge is 0.390 e. The van der Waals surface area contributed by atoms with Crippen LogP contribution in [0.25, 0.3) is 0 Å². The summed E-state index contributed by atoms with van der Waals surface area (Å²) in [5.74, 6) is -1.16. The summed E-state index contributed by atoms with van der Waals surface area (Å²) in [4.78, 5) is 13.7. The maximum atomic E-state index is 16.8. The molecule has 44 heavy (non-hydrogen) atoms. The number of alkyl halides is 4. The summed E-state index contributed by atoms with van der Waals surface area (Å²) >= 11 is 0. The van der Waals surface area contributed by atoms with Gasteiger partial charge in [0.15, 0.2) is 0 Å². The number of hydrogen-bond acceptors (Lipinski definition) is 5. The molecule has 3 aromatic carbocycles. The van der Waals surface area contributed by atoms with Crippen molar-refractivity contribution < 1.29 is 35.9 Å². The highest BCUT2D eigenvalue weighted by Gasteiger charge is 2.50. The second-order valence-corrected chi connectivity index (χ2v) is 12.4. The van der Waals surface area contributed by atoms with E-state index in [1.807, 2.05) is 0 Å². The number of nitrogens with zero attached hydrogens (tertiary/aromatic N) is 1. The number of halogens is 4. The molecule has 4 rings (SSSR count). The molecule has 0 bridgehead atoms. The van der Waals surface area contributed by atoms with E-state index >= 15 is 4.39 Å². The van der Waals surface area contributed by atoms with Gasteiger partial charge < -0.3 is 15.7 Å². The van der Waals surface area contributed by atoms with Gasteiger partial charge in [-0.1, -0.05) is 85.0 Å². The lowest BCUT2D eigenvalue weighted by Gasteiger charge is -2.39. The number of carbonyl (C=O) groups is 1. The molecule has 7 nitrogen and oxygen atoms in total. The standard InChI is InChI=1S/C32H33F4N3O4S/c1-44(42,43)39(26-15-6-3-7-16-26)29-17-8-9-18-31(29,33)30(41)38-27(20-23-11-4-2-5-12-23)28(40)22-37-21-24-13-10-14-25(19-24)32(34,35)36/h2-19,27-29,37,40H,20-22H2,1H3,(H,38,41)/t27-,28+,29?,31?/m0/s1. The minimum absolute atomic E-state index is 0.00393. The molecule has 1 amide bonds. The average molecular weight is 632 g/mol. The highest BCUT2D eigenvalue weighted by atomic mass is 32.2. The van der Waals surface area contributed by atoms with Gasteiger partial charge in [0.1, 0.15) is 6.04 Å². The first-order chi connectivity index (χ1) is 20.8. The third-order valence-corrected chi connectivity index (χ3v) is 8.31. The SMILES string of the molecule is CS(=O)(=O)N(c1ccccc1)C1C=CC=CC1(F)C(=O)N[C@@H](Cc1ccccc1)[C@H](O)CNCc1cccc(C(F)(F)F)c1. The number of sulfonamides is 1. The Labute approximate surface area is 254 Å². The fourth-order valence-corrected chi connectivity index (χ4v) is 6.13. The highest BCUT2D eigenvalue weighted by Crippen LogP contribution is 2.34. The van der Waals surface area contributed by atoms with Gasteiger partial charge in [-0.3, -0.25) is 9.10 Å². The molecule has 2 unspecified atom stereocenters. The van der Waals surface area contributed by atoms with Crippen molar-refractivity contribution in [2.75, 3.05) is 17.1 Å². The van der Waals surface area contributed by atoms with Crippen molar-refractivity contribution in [3.8, 4) is 0 Å². The molecule has 1 aliphatic rings. The van der Waals surface area contributed by atoms with Gasteiger partial charge in [0.2, 0.25) is 15.7 Å². The molecule has 0 spiro atoms. The van der Waals surface area contributed by atoms with Crippen LogP contribution in [0, 0.1) is 0 Å². The van der Waals surface area contributed by atoms with Crippen LogP contribution in [0.15, 0.2) is 109 Å². The van der Waals surface area contributed by atoms with E-state index in [2.05, 4.69) is 10.6 Å².